The van der Waals surface area contributed by atoms with Crippen LogP contribution in [0.3, 0.4) is 0 Å². The number of esters is 1. The summed E-state index contributed by atoms with van der Waals surface area (Å²) in [6, 6.07) is 12.9. The average Bonchev–Trinajstić information content (AvgIpc) is 3.24. The van der Waals surface area contributed by atoms with Gasteiger partial charge < -0.3 is 9.94 Å². The predicted molar refractivity (Wildman–Crippen MR) is 117 cm³/mol. The second-order valence-corrected chi connectivity index (χ2v) is 8.96. The number of thiazole rings is 1. The highest BCUT2D eigenvalue weighted by atomic mass is 35.5. The van der Waals surface area contributed by atoms with Gasteiger partial charge in [0.05, 0.1) is 26.8 Å². The maximum Gasteiger partial charge on any atom is 0.310 e. The highest BCUT2D eigenvalue weighted by Crippen LogP contribution is 2.37. The molecule has 1 saturated heterocycles. The van der Waals surface area contributed by atoms with Gasteiger partial charge in [0.2, 0.25) is 0 Å². The first-order valence-corrected chi connectivity index (χ1v) is 10.7. The molecule has 1 fully saturated rings. The highest BCUT2D eigenvalue weighted by Gasteiger charge is 2.44. The minimum Gasteiger partial charge on any atom is -0.622 e. The number of halogens is 2. The number of fused-ring (bicyclic) bond motifs is 1. The van der Waals surface area contributed by atoms with Crippen molar-refractivity contribution >= 4 is 55.9 Å². The number of aryl methyl sites for hydroxylation is 1. The Labute approximate surface area is 182 Å². The van der Waals surface area contributed by atoms with Crippen LogP contribution in [0.2, 0.25) is 10.0 Å². The zero-order valence-electron chi connectivity index (χ0n) is 15.7. The molecular formula is C20H19Cl2N3O3S. The van der Waals surface area contributed by atoms with Crippen molar-refractivity contribution in [2.75, 3.05) is 20.3 Å². The number of rotatable bonds is 5. The van der Waals surface area contributed by atoms with Crippen LogP contribution in [0.5, 0.6) is 0 Å². The van der Waals surface area contributed by atoms with Crippen molar-refractivity contribution in [3.05, 3.63) is 63.3 Å². The molecule has 0 spiro atoms. The van der Waals surface area contributed by atoms with Gasteiger partial charge in [0.15, 0.2) is 0 Å². The summed E-state index contributed by atoms with van der Waals surface area (Å²) in [5, 5.41) is 15.0. The summed E-state index contributed by atoms with van der Waals surface area (Å²) < 4.78 is 5.77. The number of hydrogen-bond donors (Lipinski definition) is 0. The topological polar surface area (TPSA) is 65.5 Å². The number of carbonyl (C=O) groups excluding carboxylic acids is 1. The smallest absolute Gasteiger partial charge is 0.310 e. The van der Waals surface area contributed by atoms with Crippen molar-refractivity contribution in [3.8, 4) is 0 Å². The van der Waals surface area contributed by atoms with Crippen molar-refractivity contribution in [3.63, 3.8) is 0 Å². The summed E-state index contributed by atoms with van der Waals surface area (Å²) in [4.78, 5) is 18.8. The van der Waals surface area contributed by atoms with E-state index in [0.29, 0.717) is 28.1 Å². The molecular weight excluding hydrogens is 433 g/mol. The maximum absolute atomic E-state index is 13.6. The fourth-order valence-corrected chi connectivity index (χ4v) is 4.74. The number of ether oxygens (including phenoxy) is 1. The van der Waals surface area contributed by atoms with Crippen LogP contribution in [0.25, 0.3) is 10.2 Å². The third-order valence-corrected chi connectivity index (χ3v) is 6.75. The largest absolute Gasteiger partial charge is 0.622 e. The van der Waals surface area contributed by atoms with Crippen LogP contribution >= 0.6 is 34.5 Å². The lowest BCUT2D eigenvalue weighted by molar-refractivity contribution is -0.153. The fraction of sp³-hybridized carbons (Fsp3) is 0.300. The third-order valence-electron chi connectivity index (χ3n) is 4.86. The molecule has 2 atom stereocenters. The van der Waals surface area contributed by atoms with Crippen molar-refractivity contribution < 1.29 is 9.53 Å². The predicted octanol–water partition coefficient (Wildman–Crippen LogP) is 4.81. The van der Waals surface area contributed by atoms with E-state index in [4.69, 9.17) is 27.9 Å². The number of quaternary nitrogens is 1. The first-order valence-electron chi connectivity index (χ1n) is 9.12. The number of carbonyl (C=O) groups is 1. The maximum atomic E-state index is 13.6. The Bertz CT molecular complexity index is 1030. The second-order valence-electron chi connectivity index (χ2n) is 7.13. The van der Waals surface area contributed by atoms with Crippen LogP contribution in [0.1, 0.15) is 12.0 Å². The van der Waals surface area contributed by atoms with Crippen LogP contribution in [0.15, 0.2) is 42.5 Å². The van der Waals surface area contributed by atoms with Gasteiger partial charge in [-0.25, -0.2) is 4.90 Å². The summed E-state index contributed by atoms with van der Waals surface area (Å²) >= 11 is 13.3. The van der Waals surface area contributed by atoms with Crippen molar-refractivity contribution in [1.29, 1.82) is 0 Å². The van der Waals surface area contributed by atoms with Gasteiger partial charge in [-0.2, -0.15) is 4.98 Å². The summed E-state index contributed by atoms with van der Waals surface area (Å²) in [5.74, 6) is -0.421. The van der Waals surface area contributed by atoms with Crippen molar-refractivity contribution in [2.45, 2.75) is 19.1 Å². The summed E-state index contributed by atoms with van der Waals surface area (Å²) in [5.41, 5.74) is 1.66. The number of aromatic nitrogens is 1. The van der Waals surface area contributed by atoms with Crippen LogP contribution < -0.4 is 4.65 Å². The summed E-state index contributed by atoms with van der Waals surface area (Å²) in [6.45, 7) is 0.544. The standard InChI is InChI=1S/C20H19Cl2N3O3S/c1-24-11-18(28-19(26)9-7-13-6-8-14(21)15(22)10-13)25(27,12-24)20-23-16-4-2-3-5-17(16)29-20/h2-6,8,10,18H,7,9,11-12H2,1H3. The van der Waals surface area contributed by atoms with E-state index in [0.717, 1.165) is 15.8 Å². The average molecular weight is 452 g/mol. The number of hydrogen-bond acceptors (Lipinski definition) is 6. The number of hydroxylamine groups is 2. The summed E-state index contributed by atoms with van der Waals surface area (Å²) in [7, 11) is 1.84. The fourth-order valence-electron chi connectivity index (χ4n) is 3.39. The van der Waals surface area contributed by atoms with E-state index in [2.05, 4.69) is 4.98 Å². The Kier molecular flexibility index (Phi) is 5.79. The molecule has 0 amide bonds. The molecule has 0 bridgehead atoms. The Balaban J connectivity index is 1.47. The van der Waals surface area contributed by atoms with Gasteiger partial charge in [-0.3, -0.25) is 9.44 Å². The SMILES string of the molecule is CN1CC(OC(=O)CCc2ccc(Cl)c(Cl)c2)[N+]([O-])(c2nc3ccccc3s2)C1. The van der Waals surface area contributed by atoms with Gasteiger partial charge in [0.1, 0.15) is 6.67 Å². The Morgan fingerprint density at radius 1 is 1.31 bits per heavy atom. The molecule has 0 aliphatic carbocycles. The van der Waals surface area contributed by atoms with E-state index in [9.17, 15) is 10.0 Å². The molecule has 1 aromatic heterocycles. The minimum atomic E-state index is -0.845. The lowest BCUT2D eigenvalue weighted by atomic mass is 10.1. The second kappa shape index (κ2) is 8.18. The molecule has 1 aliphatic rings. The minimum absolute atomic E-state index is 0.151. The van der Waals surface area contributed by atoms with E-state index < -0.39 is 16.8 Å². The molecule has 1 aliphatic heterocycles. The van der Waals surface area contributed by atoms with Crippen LogP contribution in [-0.4, -0.2) is 42.3 Å². The highest BCUT2D eigenvalue weighted by molar-refractivity contribution is 7.22. The lowest BCUT2D eigenvalue weighted by Gasteiger charge is -2.38. The number of benzene rings is 2. The Morgan fingerprint density at radius 2 is 2.10 bits per heavy atom. The quantitative estimate of drug-likeness (QED) is 0.316. The first kappa shape index (κ1) is 20.5. The molecule has 0 radical (unpaired) electrons. The number of likely N-dealkylation sites (N-methyl/N-ethyl adjacent to an activating group) is 1. The van der Waals surface area contributed by atoms with Crippen molar-refractivity contribution in [2.24, 2.45) is 0 Å². The molecule has 152 valence electrons. The van der Waals surface area contributed by atoms with Crippen LogP contribution in [-0.2, 0) is 16.0 Å². The molecule has 9 heteroatoms. The van der Waals surface area contributed by atoms with E-state index in [-0.39, 0.29) is 13.1 Å². The molecule has 2 unspecified atom stereocenters. The van der Waals surface area contributed by atoms with Gasteiger partial charge >= 0.3 is 5.97 Å². The van der Waals surface area contributed by atoms with Gasteiger partial charge in [-0.05, 0) is 43.3 Å². The van der Waals surface area contributed by atoms with E-state index in [1.54, 1.807) is 12.1 Å². The molecule has 4 rings (SSSR count). The summed E-state index contributed by atoms with van der Waals surface area (Å²) in [6.07, 6.45) is -0.238. The van der Waals surface area contributed by atoms with E-state index in [1.807, 2.05) is 42.3 Å². The molecule has 6 nitrogen and oxygen atoms in total. The van der Waals surface area contributed by atoms with Gasteiger partial charge in [0, 0.05) is 6.42 Å². The van der Waals surface area contributed by atoms with E-state index >= 15 is 0 Å². The zero-order chi connectivity index (χ0) is 20.6. The Morgan fingerprint density at radius 3 is 2.86 bits per heavy atom. The van der Waals surface area contributed by atoms with Crippen LogP contribution in [0, 0.1) is 5.21 Å². The van der Waals surface area contributed by atoms with Gasteiger partial charge in [0.25, 0.3) is 11.4 Å². The molecule has 2 aromatic carbocycles. The van der Waals surface area contributed by atoms with Crippen molar-refractivity contribution in [1.82, 2.24) is 14.5 Å². The van der Waals surface area contributed by atoms with Crippen LogP contribution in [0.4, 0.5) is 5.13 Å². The monoisotopic (exact) mass is 451 g/mol. The van der Waals surface area contributed by atoms with Gasteiger partial charge in [-0.1, -0.05) is 52.7 Å². The van der Waals surface area contributed by atoms with Gasteiger partial charge in [-0.15, -0.1) is 0 Å². The number of para-hydroxylation sites is 1. The molecule has 3 aromatic rings. The third kappa shape index (κ3) is 4.26. The molecule has 2 heterocycles. The normalized spacial score (nSPS) is 22.3. The first-order chi connectivity index (χ1) is 13.8. The molecule has 29 heavy (non-hydrogen) atoms. The Hall–Kier alpha value is -1.74. The molecule has 0 saturated carbocycles. The zero-order valence-corrected chi connectivity index (χ0v) is 18.0. The molecule has 0 N–H and O–H groups in total. The lowest BCUT2D eigenvalue weighted by Crippen LogP contribution is -2.50. The number of nitrogens with zero attached hydrogens (tertiary/aromatic N) is 3. The van der Waals surface area contributed by atoms with E-state index in [1.165, 1.54) is 11.3 Å².